The third-order valence-electron chi connectivity index (χ3n) is 2.63. The molecule has 134 valence electrons. The third-order valence-corrected chi connectivity index (χ3v) is 5.71. The summed E-state index contributed by atoms with van der Waals surface area (Å²) in [4.78, 5) is 0. The maximum atomic E-state index is 5.86. The molecule has 0 aliphatic carbocycles. The van der Waals surface area contributed by atoms with E-state index in [4.69, 9.17) is 104 Å². The Morgan fingerprint density at radius 1 is 0.520 bits per heavy atom. The van der Waals surface area contributed by atoms with Crippen LogP contribution in [0.3, 0.4) is 0 Å². The van der Waals surface area contributed by atoms with Crippen molar-refractivity contribution in [2.75, 3.05) is 0 Å². The van der Waals surface area contributed by atoms with Gasteiger partial charge in [-0.25, -0.2) is 0 Å². The summed E-state index contributed by atoms with van der Waals surface area (Å²) in [6.07, 6.45) is 0. The number of hydrogen-bond donors (Lipinski definition) is 0. The Labute approximate surface area is 190 Å². The van der Waals surface area contributed by atoms with Crippen LogP contribution in [0.15, 0.2) is 51.4 Å². The number of hydrogen-bond acceptors (Lipinski definition) is 0. The van der Waals surface area contributed by atoms with Crippen LogP contribution in [0.2, 0.25) is 15.1 Å². The molecule has 0 aliphatic heterocycles. The zero-order chi connectivity index (χ0) is 19.1. The summed E-state index contributed by atoms with van der Waals surface area (Å²) in [5.41, 5.74) is 1.16. The van der Waals surface area contributed by atoms with E-state index in [2.05, 4.69) is 0 Å². The topological polar surface area (TPSA) is 0 Å². The van der Waals surface area contributed by atoms with Crippen LogP contribution < -0.4 is 0 Å². The van der Waals surface area contributed by atoms with Crippen molar-refractivity contribution in [2.45, 2.75) is 0 Å². The first kappa shape index (κ1) is 23.6. The Kier molecular flexibility index (Phi) is 10.7. The fraction of sp³-hybridized carbons (Fsp3) is 0. The molecular formula is C16H7Cl9. The molecule has 0 atom stereocenters. The quantitative estimate of drug-likeness (QED) is 0.371. The molecule has 0 nitrogen and oxygen atoms in total. The molecule has 25 heavy (non-hydrogen) atoms. The lowest BCUT2D eigenvalue weighted by Crippen LogP contribution is -1.80. The van der Waals surface area contributed by atoms with E-state index in [1.165, 1.54) is 0 Å². The SMILES string of the molecule is ClC(Cl)=C(Cl)c1cccc(Cl)c1Cl.ClC(Cl)=C(Cl)c1ccccc1Cl. The minimum Gasteiger partial charge on any atom is -0.0836 e. The average molecular weight is 518 g/mol. The van der Waals surface area contributed by atoms with E-state index in [1.807, 2.05) is 0 Å². The number of benzene rings is 2. The van der Waals surface area contributed by atoms with Gasteiger partial charge in [-0.15, -0.1) is 0 Å². The Bertz CT molecular complexity index is 801. The lowest BCUT2D eigenvalue weighted by Gasteiger charge is -2.03. The highest BCUT2D eigenvalue weighted by Crippen LogP contribution is 2.36. The molecule has 0 spiro atoms. The molecule has 9 heteroatoms. The van der Waals surface area contributed by atoms with Crippen LogP contribution in [0.5, 0.6) is 0 Å². The van der Waals surface area contributed by atoms with Gasteiger partial charge in [0.2, 0.25) is 0 Å². The maximum absolute atomic E-state index is 5.86. The van der Waals surface area contributed by atoms with Gasteiger partial charge in [0, 0.05) is 16.1 Å². The molecule has 0 saturated heterocycles. The second-order valence-electron chi connectivity index (χ2n) is 4.23. The predicted octanol–water partition coefficient (Wildman–Crippen LogP) is 10.0. The highest BCUT2D eigenvalue weighted by Gasteiger charge is 2.10. The van der Waals surface area contributed by atoms with Gasteiger partial charge in [0.1, 0.15) is 8.98 Å². The molecule has 0 aromatic heterocycles. The Balaban J connectivity index is 0.000000251. The monoisotopic (exact) mass is 514 g/mol. The molecule has 2 aromatic carbocycles. The highest BCUT2D eigenvalue weighted by atomic mass is 35.5. The van der Waals surface area contributed by atoms with E-state index in [0.29, 0.717) is 26.2 Å². The molecule has 0 saturated carbocycles. The lowest BCUT2D eigenvalue weighted by molar-refractivity contribution is 1.64. The summed E-state index contributed by atoms with van der Waals surface area (Å²) in [6.45, 7) is 0. The molecule has 0 heterocycles. The predicted molar refractivity (Wildman–Crippen MR) is 117 cm³/mol. The van der Waals surface area contributed by atoms with Crippen molar-refractivity contribution in [2.24, 2.45) is 0 Å². The van der Waals surface area contributed by atoms with Gasteiger partial charge >= 0.3 is 0 Å². The zero-order valence-corrected chi connectivity index (χ0v) is 18.7. The van der Waals surface area contributed by atoms with E-state index in [-0.39, 0.29) is 19.0 Å². The van der Waals surface area contributed by atoms with Gasteiger partial charge in [0.25, 0.3) is 0 Å². The van der Waals surface area contributed by atoms with E-state index in [0.717, 1.165) is 0 Å². The van der Waals surface area contributed by atoms with Crippen LogP contribution >= 0.6 is 104 Å². The number of halogens is 9. The maximum Gasteiger partial charge on any atom is 0.126 e. The average Bonchev–Trinajstić information content (AvgIpc) is 2.57. The van der Waals surface area contributed by atoms with Crippen LogP contribution in [0.1, 0.15) is 11.1 Å². The molecule has 0 bridgehead atoms. The molecule has 2 aromatic rings. The van der Waals surface area contributed by atoms with E-state index >= 15 is 0 Å². The van der Waals surface area contributed by atoms with Crippen molar-refractivity contribution in [3.8, 4) is 0 Å². The van der Waals surface area contributed by atoms with Gasteiger partial charge in [-0.1, -0.05) is 135 Å². The fourth-order valence-electron chi connectivity index (χ4n) is 1.52. The van der Waals surface area contributed by atoms with Gasteiger partial charge in [-0.3, -0.25) is 0 Å². The largest absolute Gasteiger partial charge is 0.126 e. The van der Waals surface area contributed by atoms with Crippen molar-refractivity contribution in [1.82, 2.24) is 0 Å². The Hall–Kier alpha value is 0.530. The second kappa shape index (κ2) is 11.4. The van der Waals surface area contributed by atoms with Gasteiger partial charge in [0.05, 0.1) is 20.1 Å². The smallest absolute Gasteiger partial charge is 0.0836 e. The molecule has 0 radical (unpaired) electrons. The summed E-state index contributed by atoms with van der Waals surface area (Å²) >= 11 is 51.0. The van der Waals surface area contributed by atoms with Crippen molar-refractivity contribution < 1.29 is 0 Å². The highest BCUT2D eigenvalue weighted by molar-refractivity contribution is 6.68. The molecule has 0 N–H and O–H groups in total. The van der Waals surface area contributed by atoms with Gasteiger partial charge in [-0.05, 0) is 12.1 Å². The van der Waals surface area contributed by atoms with Gasteiger partial charge in [0.15, 0.2) is 0 Å². The van der Waals surface area contributed by atoms with Crippen molar-refractivity contribution in [1.29, 1.82) is 0 Å². The van der Waals surface area contributed by atoms with Crippen molar-refractivity contribution >= 4 is 114 Å². The first-order valence-corrected chi connectivity index (χ1v) is 9.67. The van der Waals surface area contributed by atoms with Crippen LogP contribution in [0.25, 0.3) is 10.1 Å². The minimum atomic E-state index is -0.0363. The molecular weight excluding hydrogens is 511 g/mol. The fourth-order valence-corrected chi connectivity index (χ4v) is 2.97. The molecule has 2 rings (SSSR count). The van der Waals surface area contributed by atoms with E-state index in [1.54, 1.807) is 42.5 Å². The Morgan fingerprint density at radius 2 is 0.960 bits per heavy atom. The normalized spacial score (nSPS) is 9.80. The second-order valence-corrected chi connectivity index (χ2v) is 8.08. The summed E-state index contributed by atoms with van der Waals surface area (Å²) in [6, 6.07) is 12.1. The van der Waals surface area contributed by atoms with Gasteiger partial charge < -0.3 is 0 Å². The first-order valence-electron chi connectivity index (χ1n) is 6.27. The van der Waals surface area contributed by atoms with E-state index in [9.17, 15) is 0 Å². The summed E-state index contributed by atoms with van der Waals surface area (Å²) in [5.74, 6) is 0. The van der Waals surface area contributed by atoms with E-state index < -0.39 is 0 Å². The first-order chi connectivity index (χ1) is 11.7. The molecule has 0 unspecified atom stereocenters. The van der Waals surface area contributed by atoms with Crippen LogP contribution in [0, 0.1) is 0 Å². The lowest BCUT2D eigenvalue weighted by atomic mass is 10.2. The Morgan fingerprint density at radius 3 is 1.48 bits per heavy atom. The number of rotatable bonds is 2. The van der Waals surface area contributed by atoms with Crippen LogP contribution in [-0.2, 0) is 0 Å². The van der Waals surface area contributed by atoms with Crippen LogP contribution in [0.4, 0.5) is 0 Å². The summed E-state index contributed by atoms with van der Waals surface area (Å²) in [7, 11) is 0. The standard InChI is InChI=1S/C8H3Cl5.C8H4Cl4/c9-5-3-1-2-4(6(5)10)7(11)8(12)13;9-6-4-2-1-3-5(6)7(10)8(11)12/h1-3H;1-4H. The van der Waals surface area contributed by atoms with Crippen molar-refractivity contribution in [3.05, 3.63) is 77.6 Å². The molecule has 0 aliphatic rings. The van der Waals surface area contributed by atoms with Crippen molar-refractivity contribution in [3.63, 3.8) is 0 Å². The summed E-state index contributed by atoms with van der Waals surface area (Å²) < 4.78 is -0.0180. The molecule has 0 fully saturated rings. The minimum absolute atomic E-state index is 0.0183. The molecule has 0 amide bonds. The van der Waals surface area contributed by atoms with Crippen LogP contribution in [-0.4, -0.2) is 0 Å². The van der Waals surface area contributed by atoms with Gasteiger partial charge in [-0.2, -0.15) is 0 Å². The third kappa shape index (κ3) is 7.22. The zero-order valence-electron chi connectivity index (χ0n) is 11.9. The summed E-state index contributed by atoms with van der Waals surface area (Å²) in [5, 5.41) is 1.74.